The molecule has 31 heavy (non-hydrogen) atoms. The Morgan fingerprint density at radius 1 is 0.419 bits per heavy atom. The van der Waals surface area contributed by atoms with Crippen LogP contribution in [-0.4, -0.2) is 29.7 Å². The highest BCUT2D eigenvalue weighted by Crippen LogP contribution is 2.18. The molecule has 0 heterocycles. The third-order valence-electron chi connectivity index (χ3n) is 5.39. The SMILES string of the molecule is [N-]=[N+]=NCCCCCCCCCCCSCSCCCCCCCCCCCN=[N+]=[N-]. The lowest BCUT2D eigenvalue weighted by atomic mass is 10.1. The van der Waals surface area contributed by atoms with E-state index in [-0.39, 0.29) is 0 Å². The summed E-state index contributed by atoms with van der Waals surface area (Å²) in [7, 11) is 0. The van der Waals surface area contributed by atoms with Gasteiger partial charge in [0, 0.05) is 28.0 Å². The summed E-state index contributed by atoms with van der Waals surface area (Å²) in [5, 5.41) is 8.41. The van der Waals surface area contributed by atoms with Gasteiger partial charge in [0.15, 0.2) is 0 Å². The van der Waals surface area contributed by atoms with Crippen LogP contribution in [0.5, 0.6) is 0 Å². The average Bonchev–Trinajstić information content (AvgIpc) is 2.78. The van der Waals surface area contributed by atoms with Crippen molar-refractivity contribution in [1.82, 2.24) is 0 Å². The van der Waals surface area contributed by atoms with Gasteiger partial charge in [0.2, 0.25) is 0 Å². The second-order valence-electron chi connectivity index (χ2n) is 8.21. The number of azide groups is 2. The maximum absolute atomic E-state index is 8.21. The van der Waals surface area contributed by atoms with Gasteiger partial charge in [-0.3, -0.25) is 0 Å². The summed E-state index contributed by atoms with van der Waals surface area (Å²) >= 11 is 4.24. The Bertz CT molecular complexity index is 411. The first kappa shape index (κ1) is 30.3. The molecule has 8 heteroatoms. The van der Waals surface area contributed by atoms with Crippen molar-refractivity contribution in [2.45, 2.75) is 116 Å². The maximum atomic E-state index is 8.21. The molecule has 0 radical (unpaired) electrons. The molecule has 0 spiro atoms. The van der Waals surface area contributed by atoms with Crippen LogP contribution in [0, 0.1) is 0 Å². The molecule has 0 saturated heterocycles. The van der Waals surface area contributed by atoms with E-state index in [2.05, 4.69) is 43.6 Å². The van der Waals surface area contributed by atoms with Crippen LogP contribution in [-0.2, 0) is 0 Å². The van der Waals surface area contributed by atoms with Crippen molar-refractivity contribution in [3.8, 4) is 0 Å². The minimum absolute atomic E-state index is 0.663. The zero-order valence-corrected chi connectivity index (χ0v) is 21.4. The zero-order valence-electron chi connectivity index (χ0n) is 19.8. The van der Waals surface area contributed by atoms with Gasteiger partial charge in [-0.2, -0.15) is 23.5 Å². The smallest absolute Gasteiger partial charge is 0.0392 e. The fourth-order valence-electron chi connectivity index (χ4n) is 3.51. The van der Waals surface area contributed by atoms with Gasteiger partial charge in [-0.15, -0.1) is 0 Å². The third kappa shape index (κ3) is 29.3. The molecule has 0 aromatic rings. The standard InChI is InChI=1S/C23H46N6S2/c24-28-26-19-15-11-7-3-1-5-9-13-17-21-30-23-31-22-18-14-10-6-2-4-8-12-16-20-27-29-25/h1-23H2. The van der Waals surface area contributed by atoms with Crippen LogP contribution in [0.15, 0.2) is 10.2 Å². The minimum Gasteiger partial charge on any atom is -0.151 e. The Labute approximate surface area is 199 Å². The van der Waals surface area contributed by atoms with Crippen LogP contribution >= 0.6 is 23.5 Å². The Morgan fingerprint density at radius 2 is 0.710 bits per heavy atom. The van der Waals surface area contributed by atoms with Crippen molar-refractivity contribution in [1.29, 1.82) is 0 Å². The minimum atomic E-state index is 0.663. The molecule has 0 fully saturated rings. The summed E-state index contributed by atoms with van der Waals surface area (Å²) in [6.45, 7) is 1.33. The zero-order chi connectivity index (χ0) is 22.5. The number of rotatable bonds is 26. The molecule has 0 aliphatic rings. The highest BCUT2D eigenvalue weighted by Gasteiger charge is 1.96. The lowest BCUT2D eigenvalue weighted by Gasteiger charge is -2.04. The first-order valence-electron chi connectivity index (χ1n) is 12.6. The van der Waals surface area contributed by atoms with E-state index in [1.165, 1.54) is 119 Å². The topological polar surface area (TPSA) is 97.5 Å². The normalized spacial score (nSPS) is 10.6. The van der Waals surface area contributed by atoms with E-state index in [0.29, 0.717) is 13.1 Å². The summed E-state index contributed by atoms with van der Waals surface area (Å²) in [5.41, 5.74) is 16.4. The Hall–Kier alpha value is -0.680. The second-order valence-corrected chi connectivity index (χ2v) is 10.8. The van der Waals surface area contributed by atoms with Crippen molar-refractivity contribution in [3.63, 3.8) is 0 Å². The third-order valence-corrected chi connectivity index (χ3v) is 7.87. The molecule has 0 amide bonds. The number of hydrogen-bond acceptors (Lipinski definition) is 4. The summed E-state index contributed by atoms with van der Waals surface area (Å²) in [4.78, 5) is 5.56. The van der Waals surface area contributed by atoms with Gasteiger partial charge in [-0.05, 0) is 48.3 Å². The lowest BCUT2D eigenvalue weighted by molar-refractivity contribution is 0.567. The summed E-state index contributed by atoms with van der Waals surface area (Å²) in [6, 6.07) is 0. The molecule has 0 aliphatic carbocycles. The van der Waals surface area contributed by atoms with Crippen molar-refractivity contribution in [3.05, 3.63) is 20.9 Å². The van der Waals surface area contributed by atoms with E-state index in [1.807, 2.05) is 0 Å². The van der Waals surface area contributed by atoms with Crippen molar-refractivity contribution in [2.24, 2.45) is 10.2 Å². The molecule has 0 atom stereocenters. The highest BCUT2D eigenvalue weighted by atomic mass is 32.2. The molecule has 0 aliphatic heterocycles. The maximum Gasteiger partial charge on any atom is 0.0392 e. The Kier molecular flexibility index (Phi) is 28.7. The predicted octanol–water partition coefficient (Wildman–Crippen LogP) is 10.1. The fraction of sp³-hybridized carbons (Fsp3) is 1.00. The number of unbranched alkanes of at least 4 members (excludes halogenated alkanes) is 16. The van der Waals surface area contributed by atoms with Gasteiger partial charge in [0.1, 0.15) is 0 Å². The highest BCUT2D eigenvalue weighted by molar-refractivity contribution is 8.15. The van der Waals surface area contributed by atoms with Gasteiger partial charge in [-0.1, -0.05) is 100 Å². The summed E-state index contributed by atoms with van der Waals surface area (Å²) < 4.78 is 0. The first-order chi connectivity index (χ1) is 15.4. The molecular formula is C23H46N6S2. The van der Waals surface area contributed by atoms with Gasteiger partial charge < -0.3 is 0 Å². The van der Waals surface area contributed by atoms with E-state index in [0.717, 1.165) is 12.8 Å². The molecule has 0 saturated carbocycles. The first-order valence-corrected chi connectivity index (χ1v) is 14.9. The molecule has 0 bridgehead atoms. The van der Waals surface area contributed by atoms with Gasteiger partial charge in [0.25, 0.3) is 0 Å². The lowest BCUT2D eigenvalue weighted by Crippen LogP contribution is -1.87. The molecule has 0 aromatic carbocycles. The van der Waals surface area contributed by atoms with Crippen molar-refractivity contribution >= 4 is 23.5 Å². The summed E-state index contributed by atoms with van der Waals surface area (Å²) in [6.07, 6.45) is 23.6. The van der Waals surface area contributed by atoms with E-state index < -0.39 is 0 Å². The largest absolute Gasteiger partial charge is 0.151 e. The molecule has 6 nitrogen and oxygen atoms in total. The fourth-order valence-corrected chi connectivity index (χ4v) is 5.75. The van der Waals surface area contributed by atoms with E-state index >= 15 is 0 Å². The second kappa shape index (κ2) is 29.3. The van der Waals surface area contributed by atoms with E-state index in [1.54, 1.807) is 0 Å². The van der Waals surface area contributed by atoms with Crippen LogP contribution < -0.4 is 0 Å². The number of nitrogens with zero attached hydrogens (tertiary/aromatic N) is 6. The Balaban J connectivity index is 3.02. The van der Waals surface area contributed by atoms with Crippen LogP contribution in [0.2, 0.25) is 0 Å². The predicted molar refractivity (Wildman–Crippen MR) is 141 cm³/mol. The molecule has 0 N–H and O–H groups in total. The van der Waals surface area contributed by atoms with Gasteiger partial charge in [0.05, 0.1) is 0 Å². The van der Waals surface area contributed by atoms with Crippen molar-refractivity contribution in [2.75, 3.05) is 29.7 Å². The number of thioether (sulfide) groups is 2. The van der Waals surface area contributed by atoms with Crippen molar-refractivity contribution < 1.29 is 0 Å². The van der Waals surface area contributed by atoms with Crippen LogP contribution in [0.3, 0.4) is 0 Å². The van der Waals surface area contributed by atoms with Crippen LogP contribution in [0.4, 0.5) is 0 Å². The molecule has 0 rings (SSSR count). The number of hydrogen-bond donors (Lipinski definition) is 0. The van der Waals surface area contributed by atoms with Crippen LogP contribution in [0.25, 0.3) is 20.9 Å². The van der Waals surface area contributed by atoms with E-state index in [4.69, 9.17) is 11.1 Å². The van der Waals surface area contributed by atoms with Gasteiger partial charge >= 0.3 is 0 Å². The van der Waals surface area contributed by atoms with Crippen LogP contribution in [0.1, 0.15) is 116 Å². The molecule has 0 aromatic heterocycles. The Morgan fingerprint density at radius 3 is 1.03 bits per heavy atom. The quantitative estimate of drug-likeness (QED) is 0.0413. The van der Waals surface area contributed by atoms with E-state index in [9.17, 15) is 0 Å². The molecule has 180 valence electrons. The van der Waals surface area contributed by atoms with Gasteiger partial charge in [-0.25, -0.2) is 0 Å². The molecule has 0 unspecified atom stereocenters. The monoisotopic (exact) mass is 470 g/mol. The average molecular weight is 471 g/mol. The summed E-state index contributed by atoms with van der Waals surface area (Å²) in [5.74, 6) is 2.66. The molecular weight excluding hydrogens is 424 g/mol.